The molecular weight excluding hydrogens is 277 g/mol. The minimum atomic E-state index is -0.911. The largest absolute Gasteiger partial charge is 0.297 e. The molecule has 1 aromatic carbocycles. The summed E-state index contributed by atoms with van der Waals surface area (Å²) in [5.41, 5.74) is -0.0523. The summed E-state index contributed by atoms with van der Waals surface area (Å²) in [5, 5.41) is 9.51. The molecule has 20 heavy (non-hydrogen) atoms. The van der Waals surface area contributed by atoms with E-state index in [2.05, 4.69) is 0 Å². The second kappa shape index (κ2) is 5.93. The molecule has 2 rings (SSSR count). The summed E-state index contributed by atoms with van der Waals surface area (Å²) in [6.07, 6.45) is 4.78. The Morgan fingerprint density at radius 2 is 2.05 bits per heavy atom. The first-order valence-electron chi connectivity index (χ1n) is 6.87. The first kappa shape index (κ1) is 15.0. The zero-order chi connectivity index (χ0) is 14.8. The van der Waals surface area contributed by atoms with E-state index in [9.17, 15) is 14.4 Å². The van der Waals surface area contributed by atoms with Crippen LogP contribution in [0.25, 0.3) is 0 Å². The van der Waals surface area contributed by atoms with Crippen LogP contribution in [0.1, 0.15) is 50.5 Å². The van der Waals surface area contributed by atoms with E-state index in [1.54, 1.807) is 0 Å². The molecule has 0 heterocycles. The molecule has 0 N–H and O–H groups in total. The first-order chi connectivity index (χ1) is 9.48. The lowest BCUT2D eigenvalue weighted by Gasteiger charge is -2.33. The van der Waals surface area contributed by atoms with E-state index in [0.717, 1.165) is 38.2 Å². The number of halogens is 2. The van der Waals surface area contributed by atoms with Crippen LogP contribution >= 0.6 is 11.6 Å². The lowest BCUT2D eigenvalue weighted by atomic mass is 9.68. The third kappa shape index (κ3) is 2.86. The molecule has 1 aliphatic carbocycles. The van der Waals surface area contributed by atoms with E-state index >= 15 is 0 Å². The Hall–Kier alpha value is -1.40. The van der Waals surface area contributed by atoms with Gasteiger partial charge in [-0.05, 0) is 30.5 Å². The minimum absolute atomic E-state index is 0.0896. The zero-order valence-corrected chi connectivity index (χ0v) is 12.2. The van der Waals surface area contributed by atoms with E-state index in [0.29, 0.717) is 5.56 Å². The number of rotatable bonds is 3. The average molecular weight is 294 g/mol. The minimum Gasteiger partial charge on any atom is -0.297 e. The fourth-order valence-electron chi connectivity index (χ4n) is 2.93. The van der Waals surface area contributed by atoms with Crippen molar-refractivity contribution in [2.45, 2.75) is 44.9 Å². The predicted molar refractivity (Wildman–Crippen MR) is 76.0 cm³/mol. The van der Waals surface area contributed by atoms with E-state index in [4.69, 9.17) is 11.6 Å². The van der Waals surface area contributed by atoms with Crippen LogP contribution in [0.5, 0.6) is 0 Å². The van der Waals surface area contributed by atoms with Gasteiger partial charge in [-0.2, -0.15) is 5.26 Å². The van der Waals surface area contributed by atoms with Crippen LogP contribution < -0.4 is 0 Å². The van der Waals surface area contributed by atoms with Crippen molar-refractivity contribution in [2.75, 3.05) is 0 Å². The number of hydrogen-bond donors (Lipinski definition) is 0. The summed E-state index contributed by atoms with van der Waals surface area (Å²) in [4.78, 5) is 12.7. The van der Waals surface area contributed by atoms with Crippen molar-refractivity contribution in [3.8, 4) is 6.07 Å². The highest BCUT2D eigenvalue weighted by molar-refractivity contribution is 6.31. The van der Waals surface area contributed by atoms with Crippen molar-refractivity contribution >= 4 is 17.4 Å². The molecule has 0 bridgehead atoms. The van der Waals surface area contributed by atoms with Crippen molar-refractivity contribution in [3.63, 3.8) is 0 Å². The van der Waals surface area contributed by atoms with Crippen molar-refractivity contribution in [3.05, 3.63) is 34.6 Å². The fourth-order valence-corrected chi connectivity index (χ4v) is 3.21. The summed E-state index contributed by atoms with van der Waals surface area (Å²) in [6.45, 7) is 1.93. The quantitative estimate of drug-likeness (QED) is 0.815. The Bertz CT molecular complexity index is 558. The van der Waals surface area contributed by atoms with Crippen molar-refractivity contribution in [1.29, 1.82) is 5.26 Å². The molecule has 0 amide bonds. The first-order valence-corrected chi connectivity index (χ1v) is 7.24. The van der Waals surface area contributed by atoms with Crippen LogP contribution in [0.2, 0.25) is 5.02 Å². The monoisotopic (exact) mass is 293 g/mol. The number of Topliss-reactive ketones (excluding diaryl/α,β-unsaturated/α-hetero) is 1. The van der Waals surface area contributed by atoms with Crippen LogP contribution in [0.3, 0.4) is 0 Å². The maximum Gasteiger partial charge on any atom is 0.160 e. The van der Waals surface area contributed by atoms with Gasteiger partial charge >= 0.3 is 0 Å². The smallest absolute Gasteiger partial charge is 0.160 e. The fraction of sp³-hybridized carbons (Fsp3) is 0.500. The van der Waals surface area contributed by atoms with Gasteiger partial charge in [0.1, 0.15) is 11.7 Å². The number of nitrogens with zero attached hydrogens (tertiary/aromatic N) is 1. The van der Waals surface area contributed by atoms with Gasteiger partial charge in [-0.1, -0.05) is 43.9 Å². The van der Waals surface area contributed by atoms with Gasteiger partial charge in [0.05, 0.1) is 6.07 Å². The van der Waals surface area contributed by atoms with Gasteiger partial charge in [0.15, 0.2) is 5.78 Å². The Morgan fingerprint density at radius 1 is 1.40 bits per heavy atom. The summed E-state index contributed by atoms with van der Waals surface area (Å²) < 4.78 is 13.1. The number of hydrogen-bond acceptors (Lipinski definition) is 2. The van der Waals surface area contributed by atoms with Gasteiger partial charge in [0.2, 0.25) is 0 Å². The molecule has 4 heteroatoms. The number of carbonyl (C=O) groups excluding carboxylic acids is 1. The maximum atomic E-state index is 13.1. The Balaban J connectivity index is 2.32. The molecule has 0 aromatic heterocycles. The second-order valence-electron chi connectivity index (χ2n) is 5.71. The lowest BCUT2D eigenvalue weighted by Crippen LogP contribution is -2.34. The van der Waals surface area contributed by atoms with Gasteiger partial charge in [-0.25, -0.2) is 4.39 Å². The third-order valence-corrected chi connectivity index (χ3v) is 4.54. The van der Waals surface area contributed by atoms with E-state index in [-0.39, 0.29) is 10.8 Å². The number of ketones is 1. The van der Waals surface area contributed by atoms with Gasteiger partial charge < -0.3 is 0 Å². The molecule has 1 fully saturated rings. The summed E-state index contributed by atoms with van der Waals surface area (Å²) in [6, 6.07) is 5.87. The number of carbonyl (C=O) groups is 1. The van der Waals surface area contributed by atoms with Crippen LogP contribution in [-0.2, 0) is 4.79 Å². The Kier molecular flexibility index (Phi) is 4.45. The van der Waals surface area contributed by atoms with Crippen molar-refractivity contribution in [2.24, 2.45) is 5.41 Å². The zero-order valence-electron chi connectivity index (χ0n) is 11.5. The topological polar surface area (TPSA) is 40.9 Å². The molecule has 0 spiro atoms. The van der Waals surface area contributed by atoms with Crippen LogP contribution in [0.15, 0.2) is 18.2 Å². The summed E-state index contributed by atoms with van der Waals surface area (Å²) >= 11 is 5.99. The SMILES string of the molecule is CC1(C(=O)C(C#N)c2ccc(F)cc2Cl)CCCCC1. The highest BCUT2D eigenvalue weighted by Crippen LogP contribution is 2.41. The molecule has 106 valence electrons. The molecule has 1 saturated carbocycles. The molecule has 0 saturated heterocycles. The van der Waals surface area contributed by atoms with Gasteiger partial charge in [0.25, 0.3) is 0 Å². The van der Waals surface area contributed by atoms with Gasteiger partial charge in [-0.15, -0.1) is 0 Å². The van der Waals surface area contributed by atoms with E-state index in [1.807, 2.05) is 13.0 Å². The maximum absolute atomic E-state index is 13.1. The molecule has 1 aliphatic rings. The lowest BCUT2D eigenvalue weighted by molar-refractivity contribution is -0.129. The van der Waals surface area contributed by atoms with Gasteiger partial charge in [-0.3, -0.25) is 4.79 Å². The molecule has 0 aliphatic heterocycles. The normalized spacial score (nSPS) is 19.1. The van der Waals surface area contributed by atoms with Crippen molar-refractivity contribution in [1.82, 2.24) is 0 Å². The van der Waals surface area contributed by atoms with Crippen molar-refractivity contribution < 1.29 is 9.18 Å². The highest BCUT2D eigenvalue weighted by Gasteiger charge is 2.39. The summed E-state index contributed by atoms with van der Waals surface area (Å²) in [5.74, 6) is -1.47. The Morgan fingerprint density at radius 3 is 2.60 bits per heavy atom. The second-order valence-corrected chi connectivity index (χ2v) is 6.12. The van der Waals surface area contributed by atoms with E-state index in [1.165, 1.54) is 12.1 Å². The molecule has 1 atom stereocenters. The molecule has 2 nitrogen and oxygen atoms in total. The van der Waals surface area contributed by atoms with Crippen LogP contribution in [0.4, 0.5) is 4.39 Å². The molecule has 1 unspecified atom stereocenters. The highest BCUT2D eigenvalue weighted by atomic mass is 35.5. The van der Waals surface area contributed by atoms with E-state index < -0.39 is 17.2 Å². The number of benzene rings is 1. The summed E-state index contributed by atoms with van der Waals surface area (Å²) in [7, 11) is 0. The third-order valence-electron chi connectivity index (χ3n) is 4.22. The standard InChI is InChI=1S/C16H17ClFNO/c1-16(7-3-2-4-8-16)15(20)13(10-19)12-6-5-11(18)9-14(12)17/h5-6,9,13H,2-4,7-8H2,1H3. The number of nitriles is 1. The Labute approximate surface area is 123 Å². The van der Waals surface area contributed by atoms with Gasteiger partial charge in [0, 0.05) is 10.4 Å². The predicted octanol–water partition coefficient (Wildman–Crippen LogP) is 4.63. The van der Waals surface area contributed by atoms with Crippen LogP contribution in [0, 0.1) is 22.6 Å². The molecular formula is C16H17ClFNO. The van der Waals surface area contributed by atoms with Crippen LogP contribution in [-0.4, -0.2) is 5.78 Å². The average Bonchev–Trinajstić information content (AvgIpc) is 2.42. The molecule has 0 radical (unpaired) electrons. The molecule has 1 aromatic rings.